The fourth-order valence-corrected chi connectivity index (χ4v) is 1.27. The fraction of sp³-hybridized carbons (Fsp3) is 0.111. The number of rotatable bonds is 2. The first kappa shape index (κ1) is 13.7. The highest BCUT2D eigenvalue weighted by Crippen LogP contribution is 2.06. The average Bonchev–Trinajstić information content (AvgIpc) is 2.48. The summed E-state index contributed by atoms with van der Waals surface area (Å²) in [5.41, 5.74) is 1.47. The Labute approximate surface area is 98.8 Å². The molecule has 0 unspecified atom stereocenters. The third-order valence-corrected chi connectivity index (χ3v) is 1.83. The molecule has 4 nitrogen and oxygen atoms in total. The summed E-state index contributed by atoms with van der Waals surface area (Å²) < 4.78 is 1.77. The molecule has 0 aromatic carbocycles. The maximum Gasteiger partial charge on any atom is 0.309 e. The molecule has 1 N–H and O–H groups in total. The van der Waals surface area contributed by atoms with E-state index in [1.807, 2.05) is 18.2 Å². The number of aromatic nitrogens is 2. The van der Waals surface area contributed by atoms with Crippen molar-refractivity contribution >= 4 is 36.4 Å². The lowest BCUT2D eigenvalue weighted by Crippen LogP contribution is -2.02. The molecule has 2 aromatic heterocycles. The molecule has 2 heterocycles. The molecule has 0 aliphatic rings. The van der Waals surface area contributed by atoms with Gasteiger partial charge in [-0.2, -0.15) is 0 Å². The highest BCUT2D eigenvalue weighted by Gasteiger charge is 2.05. The van der Waals surface area contributed by atoms with Crippen molar-refractivity contribution in [2.75, 3.05) is 0 Å². The molecule has 82 valence electrons. The minimum atomic E-state index is -0.842. The number of nitrogens with zero attached hydrogens (tertiary/aromatic N) is 2. The van der Waals surface area contributed by atoms with Gasteiger partial charge in [-0.25, -0.2) is 4.98 Å². The van der Waals surface area contributed by atoms with E-state index in [1.54, 1.807) is 16.8 Å². The lowest BCUT2D eigenvalue weighted by molar-refractivity contribution is -0.136. The van der Waals surface area contributed by atoms with Gasteiger partial charge < -0.3 is 9.51 Å². The van der Waals surface area contributed by atoms with Gasteiger partial charge >= 0.3 is 5.97 Å². The molecular weight excluding hydrogens is 239 g/mol. The van der Waals surface area contributed by atoms with E-state index in [2.05, 4.69) is 4.98 Å². The summed E-state index contributed by atoms with van der Waals surface area (Å²) in [4.78, 5) is 14.5. The molecule has 0 atom stereocenters. The number of halogens is 2. The first-order valence-electron chi connectivity index (χ1n) is 3.90. The number of fused-ring (bicyclic) bond motifs is 1. The Kier molecular flexibility index (Phi) is 5.11. The SMILES string of the molecule is Cl.Cl.O=C(O)Cc1cnc2ccccn12. The number of imidazole rings is 1. The Morgan fingerprint density at radius 1 is 1.40 bits per heavy atom. The lowest BCUT2D eigenvalue weighted by atomic mass is 10.3. The van der Waals surface area contributed by atoms with Crippen molar-refractivity contribution in [2.45, 2.75) is 6.42 Å². The van der Waals surface area contributed by atoms with E-state index in [-0.39, 0.29) is 31.2 Å². The van der Waals surface area contributed by atoms with Crippen LogP contribution in [0.15, 0.2) is 30.6 Å². The Bertz CT molecular complexity index is 456. The highest BCUT2D eigenvalue weighted by atomic mass is 35.5. The molecule has 0 fully saturated rings. The topological polar surface area (TPSA) is 54.6 Å². The smallest absolute Gasteiger partial charge is 0.309 e. The first-order chi connectivity index (χ1) is 6.27. The van der Waals surface area contributed by atoms with Crippen molar-refractivity contribution in [3.63, 3.8) is 0 Å². The molecular formula is C9H10Cl2N2O2. The van der Waals surface area contributed by atoms with Crippen molar-refractivity contribution in [3.05, 3.63) is 36.3 Å². The summed E-state index contributed by atoms with van der Waals surface area (Å²) in [5, 5.41) is 8.60. The molecule has 0 amide bonds. The van der Waals surface area contributed by atoms with E-state index in [0.29, 0.717) is 5.69 Å². The number of carboxylic acids is 1. The second kappa shape index (κ2) is 5.58. The second-order valence-electron chi connectivity index (χ2n) is 2.75. The monoisotopic (exact) mass is 248 g/mol. The van der Waals surface area contributed by atoms with Gasteiger partial charge in [-0.05, 0) is 12.1 Å². The van der Waals surface area contributed by atoms with Gasteiger partial charge in [0, 0.05) is 12.4 Å². The highest BCUT2D eigenvalue weighted by molar-refractivity contribution is 5.85. The first-order valence-corrected chi connectivity index (χ1v) is 3.90. The Hall–Kier alpha value is -1.26. The Balaban J connectivity index is 0.000000980. The minimum Gasteiger partial charge on any atom is -0.481 e. The summed E-state index contributed by atoms with van der Waals surface area (Å²) in [6.45, 7) is 0. The number of hydrogen-bond donors (Lipinski definition) is 1. The third-order valence-electron chi connectivity index (χ3n) is 1.83. The Morgan fingerprint density at radius 2 is 2.13 bits per heavy atom. The summed E-state index contributed by atoms with van der Waals surface area (Å²) in [6, 6.07) is 5.55. The summed E-state index contributed by atoms with van der Waals surface area (Å²) >= 11 is 0. The molecule has 0 bridgehead atoms. The van der Waals surface area contributed by atoms with Crippen LogP contribution in [-0.4, -0.2) is 20.5 Å². The van der Waals surface area contributed by atoms with Crippen LogP contribution in [0.4, 0.5) is 0 Å². The number of hydrogen-bond acceptors (Lipinski definition) is 2. The Morgan fingerprint density at radius 3 is 2.80 bits per heavy atom. The quantitative estimate of drug-likeness (QED) is 0.882. The van der Waals surface area contributed by atoms with Gasteiger partial charge in [0.05, 0.1) is 12.1 Å². The van der Waals surface area contributed by atoms with Crippen LogP contribution in [0.3, 0.4) is 0 Å². The summed E-state index contributed by atoms with van der Waals surface area (Å²) in [6.07, 6.45) is 3.40. The van der Waals surface area contributed by atoms with Crippen LogP contribution in [0.5, 0.6) is 0 Å². The van der Waals surface area contributed by atoms with Gasteiger partial charge in [0.1, 0.15) is 5.65 Å². The zero-order chi connectivity index (χ0) is 9.26. The fourth-order valence-electron chi connectivity index (χ4n) is 1.27. The molecule has 0 aliphatic heterocycles. The van der Waals surface area contributed by atoms with E-state index in [4.69, 9.17) is 5.11 Å². The second-order valence-corrected chi connectivity index (χ2v) is 2.75. The summed E-state index contributed by atoms with van der Waals surface area (Å²) in [5.74, 6) is -0.842. The molecule has 0 aliphatic carbocycles. The van der Waals surface area contributed by atoms with Crippen LogP contribution in [-0.2, 0) is 11.2 Å². The molecule has 0 saturated heterocycles. The molecule has 15 heavy (non-hydrogen) atoms. The van der Waals surface area contributed by atoms with Crippen LogP contribution in [0.25, 0.3) is 5.65 Å². The average molecular weight is 249 g/mol. The van der Waals surface area contributed by atoms with E-state index >= 15 is 0 Å². The largest absolute Gasteiger partial charge is 0.481 e. The maximum absolute atomic E-state index is 10.5. The van der Waals surface area contributed by atoms with E-state index in [1.165, 1.54) is 0 Å². The molecule has 2 aromatic rings. The van der Waals surface area contributed by atoms with Gasteiger partial charge in [-0.15, -0.1) is 24.8 Å². The van der Waals surface area contributed by atoms with Gasteiger partial charge in [0.25, 0.3) is 0 Å². The van der Waals surface area contributed by atoms with Gasteiger partial charge in [-0.1, -0.05) is 6.07 Å². The molecule has 0 spiro atoms. The number of aliphatic carboxylic acids is 1. The van der Waals surface area contributed by atoms with Crippen LogP contribution in [0.2, 0.25) is 0 Å². The predicted octanol–water partition coefficient (Wildman–Crippen LogP) is 1.80. The molecule has 6 heteroatoms. The van der Waals surface area contributed by atoms with Gasteiger partial charge in [-0.3, -0.25) is 4.79 Å². The predicted molar refractivity (Wildman–Crippen MR) is 61.0 cm³/mol. The number of pyridine rings is 1. The third kappa shape index (κ3) is 2.84. The van der Waals surface area contributed by atoms with Crippen molar-refractivity contribution in [1.82, 2.24) is 9.38 Å². The lowest BCUT2D eigenvalue weighted by Gasteiger charge is -1.96. The van der Waals surface area contributed by atoms with Crippen LogP contribution in [0.1, 0.15) is 5.69 Å². The maximum atomic E-state index is 10.5. The summed E-state index contributed by atoms with van der Waals surface area (Å²) in [7, 11) is 0. The zero-order valence-corrected chi connectivity index (χ0v) is 9.29. The molecule has 2 rings (SSSR count). The van der Waals surface area contributed by atoms with Crippen molar-refractivity contribution in [1.29, 1.82) is 0 Å². The van der Waals surface area contributed by atoms with Crippen LogP contribution < -0.4 is 0 Å². The number of carboxylic acid groups (broad SMARTS) is 1. The van der Waals surface area contributed by atoms with Crippen LogP contribution in [0, 0.1) is 0 Å². The van der Waals surface area contributed by atoms with Crippen LogP contribution >= 0.6 is 24.8 Å². The van der Waals surface area contributed by atoms with Crippen molar-refractivity contribution in [3.8, 4) is 0 Å². The van der Waals surface area contributed by atoms with Gasteiger partial charge in [0.2, 0.25) is 0 Å². The standard InChI is InChI=1S/C9H8N2O2.2ClH/c12-9(13)5-7-6-10-8-3-1-2-4-11(7)8;;/h1-4,6H,5H2,(H,12,13);2*1H. The number of carbonyl (C=O) groups is 1. The van der Waals surface area contributed by atoms with Gasteiger partial charge in [0.15, 0.2) is 0 Å². The molecule has 0 saturated carbocycles. The van der Waals surface area contributed by atoms with Crippen molar-refractivity contribution < 1.29 is 9.90 Å². The van der Waals surface area contributed by atoms with Crippen molar-refractivity contribution in [2.24, 2.45) is 0 Å². The zero-order valence-electron chi connectivity index (χ0n) is 7.66. The normalized spacial score (nSPS) is 9.07. The van der Waals surface area contributed by atoms with E-state index in [0.717, 1.165) is 5.65 Å². The van der Waals surface area contributed by atoms with E-state index < -0.39 is 5.97 Å². The molecule has 0 radical (unpaired) electrons. The minimum absolute atomic E-state index is 0. The van der Waals surface area contributed by atoms with E-state index in [9.17, 15) is 4.79 Å².